The van der Waals surface area contributed by atoms with Crippen molar-refractivity contribution in [1.82, 2.24) is 9.38 Å². The minimum Gasteiger partial charge on any atom is -0.494 e. The maximum Gasteiger partial charge on any atom is 0.137 e. The highest BCUT2D eigenvalue weighted by molar-refractivity contribution is 5.63. The van der Waals surface area contributed by atoms with E-state index in [0.29, 0.717) is 0 Å². The molecule has 0 fully saturated rings. The largest absolute Gasteiger partial charge is 0.494 e. The Morgan fingerprint density at radius 3 is 2.60 bits per heavy atom. The summed E-state index contributed by atoms with van der Waals surface area (Å²) in [5, 5.41) is 0. The third-order valence-corrected chi connectivity index (χ3v) is 3.32. The third-order valence-electron chi connectivity index (χ3n) is 3.32. The van der Waals surface area contributed by atoms with Gasteiger partial charge in [0, 0.05) is 17.5 Å². The Balaban J connectivity index is 1.92. The van der Waals surface area contributed by atoms with Crippen LogP contribution in [0.5, 0.6) is 5.75 Å². The third kappa shape index (κ3) is 2.39. The van der Waals surface area contributed by atoms with Gasteiger partial charge in [0.2, 0.25) is 0 Å². The summed E-state index contributed by atoms with van der Waals surface area (Å²) in [4.78, 5) is 4.66. The highest BCUT2D eigenvalue weighted by Gasteiger charge is 2.05. The van der Waals surface area contributed by atoms with Crippen LogP contribution in [0.1, 0.15) is 19.0 Å². The van der Waals surface area contributed by atoms with Crippen molar-refractivity contribution in [3.8, 4) is 17.0 Å². The zero-order chi connectivity index (χ0) is 13.9. The number of nitrogens with zero attached hydrogens (tertiary/aromatic N) is 2. The monoisotopic (exact) mass is 266 g/mol. The summed E-state index contributed by atoms with van der Waals surface area (Å²) in [6.45, 7) is 4.94. The summed E-state index contributed by atoms with van der Waals surface area (Å²) in [6.07, 6.45) is 3.10. The zero-order valence-corrected chi connectivity index (χ0v) is 11.8. The zero-order valence-electron chi connectivity index (χ0n) is 11.8. The van der Waals surface area contributed by atoms with Crippen molar-refractivity contribution < 1.29 is 4.74 Å². The molecule has 0 radical (unpaired) electrons. The van der Waals surface area contributed by atoms with E-state index in [1.165, 1.54) is 5.69 Å². The predicted molar refractivity (Wildman–Crippen MR) is 81.2 cm³/mol. The molecule has 0 saturated carbocycles. The lowest BCUT2D eigenvalue weighted by atomic mass is 10.2. The minimum absolute atomic E-state index is 0.757. The molecule has 0 aliphatic heterocycles. The van der Waals surface area contributed by atoms with E-state index in [0.717, 1.165) is 35.7 Å². The van der Waals surface area contributed by atoms with Crippen LogP contribution in [0, 0.1) is 6.92 Å². The molecule has 0 aliphatic rings. The SMILES string of the molecule is CCCOc1ccc(-c2cn3c(C)cccc3n2)cc1. The van der Waals surface area contributed by atoms with Crippen LogP contribution >= 0.6 is 0 Å². The van der Waals surface area contributed by atoms with Gasteiger partial charge in [0.1, 0.15) is 11.4 Å². The maximum atomic E-state index is 5.60. The van der Waals surface area contributed by atoms with Gasteiger partial charge in [-0.05, 0) is 49.7 Å². The number of hydrogen-bond donors (Lipinski definition) is 0. The molecule has 0 spiro atoms. The fraction of sp³-hybridized carbons (Fsp3) is 0.235. The molecule has 20 heavy (non-hydrogen) atoms. The summed E-state index contributed by atoms with van der Waals surface area (Å²) in [7, 11) is 0. The number of benzene rings is 1. The Morgan fingerprint density at radius 1 is 1.10 bits per heavy atom. The first-order valence-electron chi connectivity index (χ1n) is 6.96. The van der Waals surface area contributed by atoms with E-state index in [1.54, 1.807) is 0 Å². The number of aryl methyl sites for hydroxylation is 1. The Hall–Kier alpha value is -2.29. The molecular weight excluding hydrogens is 248 g/mol. The van der Waals surface area contributed by atoms with Gasteiger partial charge in [0.15, 0.2) is 0 Å². The molecule has 3 aromatic rings. The highest BCUT2D eigenvalue weighted by atomic mass is 16.5. The fourth-order valence-corrected chi connectivity index (χ4v) is 2.23. The number of fused-ring (bicyclic) bond motifs is 1. The number of rotatable bonds is 4. The number of pyridine rings is 1. The fourth-order valence-electron chi connectivity index (χ4n) is 2.23. The van der Waals surface area contributed by atoms with Gasteiger partial charge < -0.3 is 9.14 Å². The number of aromatic nitrogens is 2. The molecule has 1 aromatic carbocycles. The molecule has 0 saturated heterocycles. The normalized spacial score (nSPS) is 10.9. The molecule has 2 aromatic heterocycles. The van der Waals surface area contributed by atoms with Crippen LogP contribution in [0.2, 0.25) is 0 Å². The molecule has 3 rings (SSSR count). The van der Waals surface area contributed by atoms with Crippen LogP contribution in [-0.4, -0.2) is 16.0 Å². The lowest BCUT2D eigenvalue weighted by molar-refractivity contribution is 0.317. The molecule has 3 heteroatoms. The summed E-state index contributed by atoms with van der Waals surface area (Å²) >= 11 is 0. The molecule has 0 atom stereocenters. The van der Waals surface area contributed by atoms with Gasteiger partial charge in [-0.25, -0.2) is 4.98 Å². The quantitative estimate of drug-likeness (QED) is 0.710. The van der Waals surface area contributed by atoms with Crippen molar-refractivity contribution in [2.75, 3.05) is 6.61 Å². The average Bonchev–Trinajstić information content (AvgIpc) is 2.91. The van der Waals surface area contributed by atoms with E-state index in [1.807, 2.05) is 24.3 Å². The van der Waals surface area contributed by atoms with Gasteiger partial charge in [-0.2, -0.15) is 0 Å². The van der Waals surface area contributed by atoms with Crippen LogP contribution in [0.3, 0.4) is 0 Å². The lowest BCUT2D eigenvalue weighted by Crippen LogP contribution is -1.94. The minimum atomic E-state index is 0.757. The smallest absolute Gasteiger partial charge is 0.137 e. The van der Waals surface area contributed by atoms with Crippen molar-refractivity contribution in [3.05, 3.63) is 54.4 Å². The first kappa shape index (κ1) is 12.7. The highest BCUT2D eigenvalue weighted by Crippen LogP contribution is 2.22. The standard InChI is InChI=1S/C17H18N2O/c1-3-11-20-15-9-7-14(8-10-15)16-12-19-13(2)5-4-6-17(19)18-16/h4-10,12H,3,11H2,1-2H3. The van der Waals surface area contributed by atoms with Crippen LogP contribution < -0.4 is 4.74 Å². The summed E-state index contributed by atoms with van der Waals surface area (Å²) in [5.41, 5.74) is 4.26. The molecule has 102 valence electrons. The second kappa shape index (κ2) is 5.37. The van der Waals surface area contributed by atoms with Gasteiger partial charge in [0.05, 0.1) is 12.3 Å². The number of ether oxygens (including phenoxy) is 1. The average molecular weight is 266 g/mol. The van der Waals surface area contributed by atoms with E-state index in [-0.39, 0.29) is 0 Å². The van der Waals surface area contributed by atoms with E-state index >= 15 is 0 Å². The molecule has 0 aliphatic carbocycles. The Morgan fingerprint density at radius 2 is 1.90 bits per heavy atom. The van der Waals surface area contributed by atoms with Crippen LogP contribution in [0.15, 0.2) is 48.7 Å². The second-order valence-corrected chi connectivity index (χ2v) is 4.89. The Bertz CT molecular complexity index is 713. The van der Waals surface area contributed by atoms with Gasteiger partial charge in [-0.15, -0.1) is 0 Å². The summed E-state index contributed by atoms with van der Waals surface area (Å²) < 4.78 is 7.71. The molecule has 0 N–H and O–H groups in total. The van der Waals surface area contributed by atoms with Crippen LogP contribution in [0.25, 0.3) is 16.9 Å². The van der Waals surface area contributed by atoms with Gasteiger partial charge in [-0.3, -0.25) is 0 Å². The predicted octanol–water partition coefficient (Wildman–Crippen LogP) is 4.10. The van der Waals surface area contributed by atoms with Gasteiger partial charge in [0.25, 0.3) is 0 Å². The van der Waals surface area contributed by atoms with Crippen molar-refractivity contribution in [2.24, 2.45) is 0 Å². The van der Waals surface area contributed by atoms with E-state index in [2.05, 4.69) is 47.6 Å². The van der Waals surface area contributed by atoms with Crippen LogP contribution in [0.4, 0.5) is 0 Å². The van der Waals surface area contributed by atoms with Crippen molar-refractivity contribution in [1.29, 1.82) is 0 Å². The number of hydrogen-bond acceptors (Lipinski definition) is 2. The van der Waals surface area contributed by atoms with Gasteiger partial charge in [-0.1, -0.05) is 13.0 Å². The lowest BCUT2D eigenvalue weighted by Gasteiger charge is -2.04. The van der Waals surface area contributed by atoms with E-state index < -0.39 is 0 Å². The number of imidazole rings is 1. The van der Waals surface area contributed by atoms with E-state index in [9.17, 15) is 0 Å². The molecule has 0 bridgehead atoms. The first-order valence-corrected chi connectivity index (χ1v) is 6.96. The molecule has 3 nitrogen and oxygen atoms in total. The van der Waals surface area contributed by atoms with Crippen LogP contribution in [-0.2, 0) is 0 Å². The molecule has 0 unspecified atom stereocenters. The van der Waals surface area contributed by atoms with Crippen molar-refractivity contribution in [2.45, 2.75) is 20.3 Å². The van der Waals surface area contributed by atoms with Gasteiger partial charge >= 0.3 is 0 Å². The molecule has 2 heterocycles. The summed E-state index contributed by atoms with van der Waals surface area (Å²) in [5.74, 6) is 0.913. The van der Waals surface area contributed by atoms with Crippen molar-refractivity contribution >= 4 is 5.65 Å². The Kier molecular flexibility index (Phi) is 3.42. The second-order valence-electron chi connectivity index (χ2n) is 4.89. The molecular formula is C17H18N2O. The van der Waals surface area contributed by atoms with E-state index in [4.69, 9.17) is 4.74 Å². The first-order chi connectivity index (χ1) is 9.78. The Labute approximate surface area is 118 Å². The topological polar surface area (TPSA) is 26.5 Å². The molecule has 0 amide bonds. The van der Waals surface area contributed by atoms with Crippen molar-refractivity contribution in [3.63, 3.8) is 0 Å². The maximum absolute atomic E-state index is 5.60. The summed E-state index contributed by atoms with van der Waals surface area (Å²) in [6, 6.07) is 14.3.